The number of rotatable bonds is 4. The third-order valence-corrected chi connectivity index (χ3v) is 6.65. The third-order valence-electron chi connectivity index (χ3n) is 4.77. The first-order valence-corrected chi connectivity index (χ1v) is 9.82. The van der Waals surface area contributed by atoms with Gasteiger partial charge in [-0.2, -0.15) is 0 Å². The molecule has 122 valence electrons. The number of ether oxygens (including phenoxy) is 1. The molecule has 3 aliphatic heterocycles. The maximum atomic E-state index is 12.4. The van der Waals surface area contributed by atoms with Gasteiger partial charge in [-0.15, -0.1) is 22.7 Å². The second kappa shape index (κ2) is 6.63. The van der Waals surface area contributed by atoms with Gasteiger partial charge in [0.2, 0.25) is 0 Å². The number of alkyl carbamates (subject to hydrolysis) is 1. The lowest BCUT2D eigenvalue weighted by Crippen LogP contribution is -2.52. The van der Waals surface area contributed by atoms with Crippen LogP contribution >= 0.6 is 22.7 Å². The molecular formula is C17H20N2O2S2. The van der Waals surface area contributed by atoms with Crippen molar-refractivity contribution < 1.29 is 9.53 Å². The minimum Gasteiger partial charge on any atom is -0.445 e. The predicted molar refractivity (Wildman–Crippen MR) is 93.0 cm³/mol. The van der Waals surface area contributed by atoms with Crippen LogP contribution in [0.1, 0.15) is 28.6 Å². The smallest absolute Gasteiger partial charge is 0.408 e. The summed E-state index contributed by atoms with van der Waals surface area (Å²) in [6, 6.07) is 8.04. The Bertz CT molecular complexity index is 599. The van der Waals surface area contributed by atoms with Crippen molar-refractivity contribution in [3.63, 3.8) is 0 Å². The summed E-state index contributed by atoms with van der Waals surface area (Å²) in [6.45, 7) is 3.19. The molecule has 5 rings (SSSR count). The second-order valence-electron chi connectivity index (χ2n) is 6.19. The van der Waals surface area contributed by atoms with Gasteiger partial charge in [-0.25, -0.2) is 4.79 Å². The molecule has 5 heterocycles. The molecule has 1 atom stereocenters. The van der Waals surface area contributed by atoms with E-state index in [0.717, 1.165) is 42.2 Å². The van der Waals surface area contributed by atoms with E-state index in [1.165, 1.54) is 0 Å². The molecule has 0 radical (unpaired) electrons. The summed E-state index contributed by atoms with van der Waals surface area (Å²) < 4.78 is 5.77. The summed E-state index contributed by atoms with van der Waals surface area (Å²) >= 11 is 3.32. The highest BCUT2D eigenvalue weighted by atomic mass is 32.1. The van der Waals surface area contributed by atoms with Crippen LogP contribution in [0, 0.1) is 5.92 Å². The lowest BCUT2D eigenvalue weighted by atomic mass is 9.86. The first-order chi connectivity index (χ1) is 11.3. The Kier molecular flexibility index (Phi) is 4.37. The normalized spacial score (nSPS) is 26.4. The number of thiophene rings is 2. The van der Waals surface area contributed by atoms with Crippen LogP contribution < -0.4 is 5.32 Å². The number of carbonyl (C=O) groups excluding carboxylic acids is 1. The predicted octanol–water partition coefficient (Wildman–Crippen LogP) is 3.72. The van der Waals surface area contributed by atoms with Gasteiger partial charge in [-0.1, -0.05) is 12.1 Å². The van der Waals surface area contributed by atoms with Gasteiger partial charge in [0.1, 0.15) is 12.1 Å². The molecule has 0 spiro atoms. The van der Waals surface area contributed by atoms with E-state index in [9.17, 15) is 4.79 Å². The SMILES string of the molecule is O=C(NC(c1cccs1)c1cccs1)O[C@H]1CN2CCC1CC2. The summed E-state index contributed by atoms with van der Waals surface area (Å²) in [7, 11) is 0. The lowest BCUT2D eigenvalue weighted by molar-refractivity contribution is -0.0336. The van der Waals surface area contributed by atoms with Gasteiger partial charge in [0.15, 0.2) is 0 Å². The van der Waals surface area contributed by atoms with E-state index in [4.69, 9.17) is 4.74 Å². The largest absolute Gasteiger partial charge is 0.445 e. The van der Waals surface area contributed by atoms with E-state index in [0.29, 0.717) is 5.92 Å². The minimum atomic E-state index is -0.296. The van der Waals surface area contributed by atoms with Crippen LogP contribution in [-0.4, -0.2) is 36.7 Å². The molecule has 2 aromatic heterocycles. The van der Waals surface area contributed by atoms with Crippen LogP contribution in [0.5, 0.6) is 0 Å². The minimum absolute atomic E-state index is 0.0461. The van der Waals surface area contributed by atoms with Crippen molar-refractivity contribution in [3.05, 3.63) is 44.8 Å². The summed E-state index contributed by atoms with van der Waals surface area (Å²) in [4.78, 5) is 17.1. The maximum absolute atomic E-state index is 12.4. The summed E-state index contributed by atoms with van der Waals surface area (Å²) in [5.41, 5.74) is 0. The van der Waals surface area contributed by atoms with Crippen molar-refractivity contribution in [3.8, 4) is 0 Å². The number of amides is 1. The highest BCUT2D eigenvalue weighted by molar-refractivity contribution is 7.11. The lowest BCUT2D eigenvalue weighted by Gasteiger charge is -2.43. The van der Waals surface area contributed by atoms with Crippen molar-refractivity contribution in [2.45, 2.75) is 25.0 Å². The molecule has 2 bridgehead atoms. The zero-order valence-corrected chi connectivity index (χ0v) is 14.4. The average molecular weight is 348 g/mol. The maximum Gasteiger partial charge on any atom is 0.408 e. The molecule has 6 heteroatoms. The molecule has 0 aliphatic carbocycles. The second-order valence-corrected chi connectivity index (χ2v) is 8.15. The average Bonchev–Trinajstić information content (AvgIpc) is 3.28. The molecule has 0 aromatic carbocycles. The zero-order chi connectivity index (χ0) is 15.6. The Morgan fingerprint density at radius 1 is 1.17 bits per heavy atom. The van der Waals surface area contributed by atoms with Crippen molar-refractivity contribution in [2.24, 2.45) is 5.92 Å². The monoisotopic (exact) mass is 348 g/mol. The topological polar surface area (TPSA) is 41.6 Å². The molecule has 3 fully saturated rings. The van der Waals surface area contributed by atoms with Gasteiger partial charge in [-0.3, -0.25) is 4.90 Å². The van der Waals surface area contributed by atoms with Gasteiger partial charge >= 0.3 is 6.09 Å². The summed E-state index contributed by atoms with van der Waals surface area (Å²) in [5.74, 6) is 0.535. The van der Waals surface area contributed by atoms with Crippen molar-refractivity contribution in [2.75, 3.05) is 19.6 Å². The molecular weight excluding hydrogens is 328 g/mol. The Morgan fingerprint density at radius 3 is 2.30 bits per heavy atom. The van der Waals surface area contributed by atoms with Crippen molar-refractivity contribution in [1.82, 2.24) is 10.2 Å². The van der Waals surface area contributed by atoms with E-state index in [-0.39, 0.29) is 18.2 Å². The number of hydrogen-bond acceptors (Lipinski definition) is 5. The Hall–Kier alpha value is -1.37. The quantitative estimate of drug-likeness (QED) is 0.916. The fourth-order valence-corrected chi connectivity index (χ4v) is 5.19. The molecule has 0 unspecified atom stereocenters. The molecule has 4 nitrogen and oxygen atoms in total. The van der Waals surface area contributed by atoms with Gasteiger partial charge in [0.05, 0.1) is 0 Å². The molecule has 1 N–H and O–H groups in total. The van der Waals surface area contributed by atoms with Crippen LogP contribution in [0.25, 0.3) is 0 Å². The molecule has 3 aliphatic rings. The molecule has 0 saturated carbocycles. The van der Waals surface area contributed by atoms with Crippen LogP contribution in [0.3, 0.4) is 0 Å². The number of piperidine rings is 3. The first-order valence-electron chi connectivity index (χ1n) is 8.06. The van der Waals surface area contributed by atoms with Crippen molar-refractivity contribution in [1.29, 1.82) is 0 Å². The van der Waals surface area contributed by atoms with E-state index in [1.54, 1.807) is 22.7 Å². The molecule has 2 aromatic rings. The first kappa shape index (κ1) is 15.2. The number of carbonyl (C=O) groups is 1. The van der Waals surface area contributed by atoms with Gasteiger partial charge < -0.3 is 10.1 Å². The third kappa shape index (κ3) is 3.29. The van der Waals surface area contributed by atoms with Crippen LogP contribution in [-0.2, 0) is 4.74 Å². The van der Waals surface area contributed by atoms with E-state index in [1.807, 2.05) is 22.9 Å². The van der Waals surface area contributed by atoms with Gasteiger partial charge in [0, 0.05) is 16.3 Å². The Labute approximate surface area is 144 Å². The standard InChI is InChI=1S/C17H20N2O2S2/c20-17(21-13-11-19-7-5-12(13)6-8-19)18-16(14-3-1-9-22-14)15-4-2-10-23-15/h1-4,9-10,12-13,16H,5-8,11H2,(H,18,20)/t13-/m0/s1. The van der Waals surface area contributed by atoms with Gasteiger partial charge in [-0.05, 0) is 54.7 Å². The van der Waals surface area contributed by atoms with Crippen LogP contribution in [0.2, 0.25) is 0 Å². The summed E-state index contributed by atoms with van der Waals surface area (Å²) in [5, 5.41) is 7.15. The highest BCUT2D eigenvalue weighted by Crippen LogP contribution is 2.31. The number of hydrogen-bond donors (Lipinski definition) is 1. The van der Waals surface area contributed by atoms with Crippen LogP contribution in [0.4, 0.5) is 4.79 Å². The molecule has 1 amide bonds. The van der Waals surface area contributed by atoms with E-state index >= 15 is 0 Å². The Balaban J connectivity index is 1.43. The molecule has 3 saturated heterocycles. The van der Waals surface area contributed by atoms with E-state index < -0.39 is 0 Å². The van der Waals surface area contributed by atoms with Crippen molar-refractivity contribution >= 4 is 28.8 Å². The van der Waals surface area contributed by atoms with Crippen LogP contribution in [0.15, 0.2) is 35.0 Å². The van der Waals surface area contributed by atoms with E-state index in [2.05, 4.69) is 22.3 Å². The summed E-state index contributed by atoms with van der Waals surface area (Å²) in [6.07, 6.45) is 2.05. The Morgan fingerprint density at radius 2 is 1.83 bits per heavy atom. The zero-order valence-electron chi connectivity index (χ0n) is 12.8. The molecule has 23 heavy (non-hydrogen) atoms. The van der Waals surface area contributed by atoms with Gasteiger partial charge in [0.25, 0.3) is 0 Å². The fraction of sp³-hybridized carbons (Fsp3) is 0.471. The highest BCUT2D eigenvalue weighted by Gasteiger charge is 2.36. The fourth-order valence-electron chi connectivity index (χ4n) is 3.53. The number of nitrogens with one attached hydrogen (secondary N) is 1. The number of fused-ring (bicyclic) bond motifs is 3. The number of nitrogens with zero attached hydrogens (tertiary/aromatic N) is 1.